The van der Waals surface area contributed by atoms with Crippen LogP contribution in [0.25, 0.3) is 5.69 Å². The molecule has 184 valence electrons. The standard InChI is InChI=1S/C26H26F2N2O5/c1-17-15-22(18(2)30(17)19-7-9-20(10-8-19)35-26(27)28)23(31)16-34-24-6-4-3-5-21(24)25(32)29-11-13-33-14-12-29/h3-10,15,26H,11-14,16H2,1-2H3. The Morgan fingerprint density at radius 1 is 1.00 bits per heavy atom. The SMILES string of the molecule is Cc1cc(C(=O)COc2ccccc2C(=O)N2CCOCC2)c(C)n1-c1ccc(OC(F)F)cc1. The zero-order valence-corrected chi connectivity index (χ0v) is 19.5. The number of carbonyl (C=O) groups is 2. The van der Waals surface area contributed by atoms with Gasteiger partial charge in [-0.2, -0.15) is 8.78 Å². The number of halogens is 2. The number of hydrogen-bond acceptors (Lipinski definition) is 5. The fourth-order valence-corrected chi connectivity index (χ4v) is 4.15. The van der Waals surface area contributed by atoms with Gasteiger partial charge < -0.3 is 23.7 Å². The molecule has 0 N–H and O–H groups in total. The second-order valence-corrected chi connectivity index (χ2v) is 8.11. The Hall–Kier alpha value is -3.72. The van der Waals surface area contributed by atoms with Crippen molar-refractivity contribution in [3.8, 4) is 17.2 Å². The molecule has 1 aliphatic rings. The highest BCUT2D eigenvalue weighted by molar-refractivity contribution is 6.00. The van der Waals surface area contributed by atoms with E-state index in [0.29, 0.717) is 54.6 Å². The molecule has 1 amide bonds. The van der Waals surface area contributed by atoms with Crippen LogP contribution in [0, 0.1) is 13.8 Å². The zero-order valence-electron chi connectivity index (χ0n) is 19.5. The minimum absolute atomic E-state index is 0.0567. The summed E-state index contributed by atoms with van der Waals surface area (Å²) in [4.78, 5) is 27.7. The van der Waals surface area contributed by atoms with E-state index < -0.39 is 6.61 Å². The molecule has 0 atom stereocenters. The van der Waals surface area contributed by atoms with Crippen LogP contribution >= 0.6 is 0 Å². The minimum atomic E-state index is -2.89. The van der Waals surface area contributed by atoms with Crippen molar-refractivity contribution in [1.29, 1.82) is 0 Å². The molecule has 9 heteroatoms. The molecule has 1 fully saturated rings. The van der Waals surface area contributed by atoms with Gasteiger partial charge in [0, 0.05) is 35.7 Å². The fourth-order valence-electron chi connectivity index (χ4n) is 4.15. The predicted molar refractivity (Wildman–Crippen MR) is 125 cm³/mol. The minimum Gasteiger partial charge on any atom is -0.485 e. The van der Waals surface area contributed by atoms with Gasteiger partial charge >= 0.3 is 6.61 Å². The largest absolute Gasteiger partial charge is 0.485 e. The lowest BCUT2D eigenvalue weighted by atomic mass is 10.1. The molecule has 2 heterocycles. The summed E-state index contributed by atoms with van der Waals surface area (Å²) < 4.78 is 42.2. The van der Waals surface area contributed by atoms with E-state index in [9.17, 15) is 18.4 Å². The first-order valence-electron chi connectivity index (χ1n) is 11.2. The van der Waals surface area contributed by atoms with Crippen molar-refractivity contribution >= 4 is 11.7 Å². The Bertz CT molecular complexity index is 1200. The highest BCUT2D eigenvalue weighted by Crippen LogP contribution is 2.25. The molecule has 0 aliphatic carbocycles. The number of ether oxygens (including phenoxy) is 3. The number of aromatic nitrogens is 1. The molecule has 1 aliphatic heterocycles. The summed E-state index contributed by atoms with van der Waals surface area (Å²) in [6.45, 7) is 2.52. The van der Waals surface area contributed by atoms with E-state index in [2.05, 4.69) is 4.74 Å². The summed E-state index contributed by atoms with van der Waals surface area (Å²) >= 11 is 0. The number of nitrogens with zero attached hydrogens (tertiary/aromatic N) is 2. The van der Waals surface area contributed by atoms with E-state index in [0.717, 1.165) is 5.69 Å². The molecule has 1 aromatic heterocycles. The third kappa shape index (κ3) is 5.51. The average Bonchev–Trinajstić information content (AvgIpc) is 3.16. The maximum atomic E-state index is 13.0. The van der Waals surface area contributed by atoms with E-state index in [1.807, 2.05) is 11.5 Å². The van der Waals surface area contributed by atoms with E-state index in [-0.39, 0.29) is 24.0 Å². The summed E-state index contributed by atoms with van der Waals surface area (Å²) in [5.74, 6) is 0.00592. The van der Waals surface area contributed by atoms with Crippen molar-refractivity contribution in [3.63, 3.8) is 0 Å². The first-order valence-corrected chi connectivity index (χ1v) is 11.2. The number of Topliss-reactive ketones (excluding diaryl/α,β-unsaturated/α-hetero) is 1. The second kappa shape index (κ2) is 10.7. The van der Waals surface area contributed by atoms with Gasteiger partial charge in [-0.25, -0.2) is 0 Å². The van der Waals surface area contributed by atoms with Crippen LogP contribution in [-0.2, 0) is 4.74 Å². The molecular formula is C26H26F2N2O5. The van der Waals surface area contributed by atoms with Gasteiger partial charge in [-0.15, -0.1) is 0 Å². The monoisotopic (exact) mass is 484 g/mol. The van der Waals surface area contributed by atoms with Gasteiger partial charge in [0.05, 0.1) is 18.8 Å². The number of rotatable bonds is 8. The number of ketones is 1. The van der Waals surface area contributed by atoms with Gasteiger partial charge in [-0.1, -0.05) is 12.1 Å². The highest BCUT2D eigenvalue weighted by Gasteiger charge is 2.23. The van der Waals surface area contributed by atoms with Crippen molar-refractivity contribution < 1.29 is 32.6 Å². The highest BCUT2D eigenvalue weighted by atomic mass is 19.3. The third-order valence-corrected chi connectivity index (χ3v) is 5.83. The number of para-hydroxylation sites is 1. The maximum absolute atomic E-state index is 13.0. The Balaban J connectivity index is 1.49. The van der Waals surface area contributed by atoms with Crippen molar-refractivity contribution in [2.24, 2.45) is 0 Å². The van der Waals surface area contributed by atoms with Crippen molar-refractivity contribution in [2.75, 3.05) is 32.9 Å². The molecule has 0 saturated carbocycles. The van der Waals surface area contributed by atoms with E-state index in [4.69, 9.17) is 9.47 Å². The first-order chi connectivity index (χ1) is 16.8. The molecule has 1 saturated heterocycles. The summed E-state index contributed by atoms with van der Waals surface area (Å²) in [6.07, 6.45) is 0. The maximum Gasteiger partial charge on any atom is 0.387 e. The number of morpholine rings is 1. The quantitative estimate of drug-likeness (QED) is 0.443. The average molecular weight is 484 g/mol. The molecule has 0 radical (unpaired) electrons. The molecule has 0 spiro atoms. The van der Waals surface area contributed by atoms with Crippen LogP contribution in [0.3, 0.4) is 0 Å². The van der Waals surface area contributed by atoms with Gasteiger partial charge in [0.2, 0.25) is 5.78 Å². The van der Waals surface area contributed by atoms with Gasteiger partial charge in [0.25, 0.3) is 5.91 Å². The lowest BCUT2D eigenvalue weighted by molar-refractivity contribution is -0.0498. The predicted octanol–water partition coefficient (Wildman–Crippen LogP) is 4.43. The topological polar surface area (TPSA) is 70.0 Å². The van der Waals surface area contributed by atoms with Crippen LogP contribution in [0.5, 0.6) is 11.5 Å². The van der Waals surface area contributed by atoms with Gasteiger partial charge in [-0.3, -0.25) is 9.59 Å². The van der Waals surface area contributed by atoms with Crippen molar-refractivity contribution in [2.45, 2.75) is 20.5 Å². The van der Waals surface area contributed by atoms with E-state index in [1.54, 1.807) is 54.3 Å². The zero-order chi connectivity index (χ0) is 24.9. The van der Waals surface area contributed by atoms with Crippen LogP contribution in [0.2, 0.25) is 0 Å². The van der Waals surface area contributed by atoms with Crippen LogP contribution in [0.1, 0.15) is 32.1 Å². The number of carbonyl (C=O) groups excluding carboxylic acids is 2. The Morgan fingerprint density at radius 2 is 1.69 bits per heavy atom. The number of aryl methyl sites for hydroxylation is 1. The third-order valence-electron chi connectivity index (χ3n) is 5.83. The smallest absolute Gasteiger partial charge is 0.387 e. The fraction of sp³-hybridized carbons (Fsp3) is 0.308. The summed E-state index contributed by atoms with van der Waals surface area (Å²) in [5, 5.41) is 0. The molecule has 3 aromatic rings. The van der Waals surface area contributed by atoms with Crippen molar-refractivity contribution in [1.82, 2.24) is 9.47 Å². The molecule has 7 nitrogen and oxygen atoms in total. The van der Waals surface area contributed by atoms with Gasteiger partial charge in [0.15, 0.2) is 6.61 Å². The van der Waals surface area contributed by atoms with Crippen molar-refractivity contribution in [3.05, 3.63) is 77.1 Å². The van der Waals surface area contributed by atoms with Crippen LogP contribution < -0.4 is 9.47 Å². The van der Waals surface area contributed by atoms with Crippen LogP contribution in [0.4, 0.5) is 8.78 Å². The Morgan fingerprint density at radius 3 is 2.37 bits per heavy atom. The number of amides is 1. The Labute approximate surface area is 201 Å². The van der Waals surface area contributed by atoms with Crippen LogP contribution in [0.15, 0.2) is 54.6 Å². The number of alkyl halides is 2. The van der Waals surface area contributed by atoms with Gasteiger partial charge in [0.1, 0.15) is 11.5 Å². The normalized spacial score (nSPS) is 13.7. The van der Waals surface area contributed by atoms with E-state index >= 15 is 0 Å². The summed E-state index contributed by atoms with van der Waals surface area (Å²) in [5.41, 5.74) is 3.08. The van der Waals surface area contributed by atoms with E-state index in [1.165, 1.54) is 12.1 Å². The molecule has 35 heavy (non-hydrogen) atoms. The summed E-state index contributed by atoms with van der Waals surface area (Å²) in [6, 6.07) is 14.8. The second-order valence-electron chi connectivity index (χ2n) is 8.11. The summed E-state index contributed by atoms with van der Waals surface area (Å²) in [7, 11) is 0. The van der Waals surface area contributed by atoms with Crippen LogP contribution in [-0.4, -0.2) is 60.7 Å². The molecular weight excluding hydrogens is 458 g/mol. The lowest BCUT2D eigenvalue weighted by Crippen LogP contribution is -2.40. The molecule has 4 rings (SSSR count). The van der Waals surface area contributed by atoms with Gasteiger partial charge in [-0.05, 0) is 56.3 Å². The number of hydrogen-bond donors (Lipinski definition) is 0. The first kappa shape index (κ1) is 24.4. The lowest BCUT2D eigenvalue weighted by Gasteiger charge is -2.27. The molecule has 0 unspecified atom stereocenters. The number of benzene rings is 2. The molecule has 0 bridgehead atoms. The molecule has 2 aromatic carbocycles. The Kier molecular flexibility index (Phi) is 7.45.